The Morgan fingerprint density at radius 1 is 1.14 bits per heavy atom. The van der Waals surface area contributed by atoms with Gasteiger partial charge in [-0.2, -0.15) is 0 Å². The fraction of sp³-hybridized carbons (Fsp3) is 0.474. The molecule has 2 aliphatic heterocycles. The van der Waals surface area contributed by atoms with Gasteiger partial charge in [-0.3, -0.25) is 9.59 Å². The van der Waals surface area contributed by atoms with Gasteiger partial charge in [0.15, 0.2) is 0 Å². The maximum atomic E-state index is 12.8. The minimum Gasteiger partial charge on any atom is -0.340 e. The van der Waals surface area contributed by atoms with Crippen LogP contribution in [0, 0.1) is 19.8 Å². The van der Waals surface area contributed by atoms with Crippen LogP contribution in [0.1, 0.15) is 17.5 Å². The summed E-state index contributed by atoms with van der Waals surface area (Å²) in [5.74, 6) is -0.716. The molecule has 3 heterocycles. The topological polar surface area (TPSA) is 105 Å². The largest absolute Gasteiger partial charge is 0.340 e. The summed E-state index contributed by atoms with van der Waals surface area (Å²) in [6.07, 6.45) is 1.48. The highest BCUT2D eigenvalue weighted by atomic mass is 32.2. The Hall–Kier alpha value is -2.75. The SMILES string of the molecule is Cc1ccc(N2C[C@@H](C(=O)N3CC(S(=O)(=O)c4nncn4C)C3)CC2=O)cc1C. The summed E-state index contributed by atoms with van der Waals surface area (Å²) >= 11 is 0. The molecule has 0 aliphatic carbocycles. The minimum absolute atomic E-state index is 0.0876. The minimum atomic E-state index is -3.63. The van der Waals surface area contributed by atoms with Gasteiger partial charge < -0.3 is 14.4 Å². The highest BCUT2D eigenvalue weighted by molar-refractivity contribution is 7.92. The maximum absolute atomic E-state index is 12.8. The second-order valence-corrected chi connectivity index (χ2v) is 9.93. The number of carbonyl (C=O) groups excluding carboxylic acids is 2. The van der Waals surface area contributed by atoms with Gasteiger partial charge in [-0.05, 0) is 37.1 Å². The molecule has 1 aromatic heterocycles. The highest BCUT2D eigenvalue weighted by Crippen LogP contribution is 2.30. The van der Waals surface area contributed by atoms with E-state index in [-0.39, 0.29) is 36.5 Å². The van der Waals surface area contributed by atoms with Crippen LogP contribution in [0.5, 0.6) is 0 Å². The summed E-state index contributed by atoms with van der Waals surface area (Å²) in [6.45, 7) is 4.54. The van der Waals surface area contributed by atoms with Crippen molar-refractivity contribution in [2.24, 2.45) is 13.0 Å². The molecule has 2 amide bonds. The first-order valence-electron chi connectivity index (χ1n) is 9.42. The van der Waals surface area contributed by atoms with Crippen molar-refractivity contribution in [2.75, 3.05) is 24.5 Å². The first kappa shape index (κ1) is 19.6. The first-order valence-corrected chi connectivity index (χ1v) is 11.0. The highest BCUT2D eigenvalue weighted by Gasteiger charge is 2.46. The molecule has 0 spiro atoms. The van der Waals surface area contributed by atoms with E-state index in [2.05, 4.69) is 10.2 Å². The van der Waals surface area contributed by atoms with Gasteiger partial charge in [-0.25, -0.2) is 8.42 Å². The van der Waals surface area contributed by atoms with Crippen molar-refractivity contribution in [2.45, 2.75) is 30.7 Å². The maximum Gasteiger partial charge on any atom is 0.249 e. The van der Waals surface area contributed by atoms with Crippen molar-refractivity contribution < 1.29 is 18.0 Å². The van der Waals surface area contributed by atoms with Gasteiger partial charge in [0.1, 0.15) is 11.6 Å². The summed E-state index contributed by atoms with van der Waals surface area (Å²) in [4.78, 5) is 28.4. The number of aryl methyl sites for hydroxylation is 3. The number of carbonyl (C=O) groups is 2. The Bertz CT molecular complexity index is 1090. The van der Waals surface area contributed by atoms with Crippen molar-refractivity contribution in [3.8, 4) is 0 Å². The van der Waals surface area contributed by atoms with Gasteiger partial charge in [-0.15, -0.1) is 10.2 Å². The molecule has 1 atom stereocenters. The predicted molar refractivity (Wildman–Crippen MR) is 105 cm³/mol. The number of nitrogens with zero attached hydrogens (tertiary/aromatic N) is 5. The van der Waals surface area contributed by atoms with Crippen LogP contribution in [0.15, 0.2) is 29.7 Å². The van der Waals surface area contributed by atoms with E-state index in [9.17, 15) is 18.0 Å². The molecule has 29 heavy (non-hydrogen) atoms. The first-order chi connectivity index (χ1) is 13.7. The number of benzene rings is 1. The van der Waals surface area contributed by atoms with Gasteiger partial charge in [0.25, 0.3) is 0 Å². The van der Waals surface area contributed by atoms with E-state index in [0.717, 1.165) is 16.8 Å². The Labute approximate surface area is 169 Å². The Morgan fingerprint density at radius 2 is 1.86 bits per heavy atom. The van der Waals surface area contributed by atoms with Crippen molar-refractivity contribution in [3.05, 3.63) is 35.7 Å². The van der Waals surface area contributed by atoms with Crippen molar-refractivity contribution >= 4 is 27.3 Å². The number of amides is 2. The van der Waals surface area contributed by atoms with E-state index < -0.39 is 21.0 Å². The van der Waals surface area contributed by atoms with Gasteiger partial charge in [0.2, 0.25) is 26.8 Å². The normalized spacial score (nSPS) is 20.2. The number of rotatable bonds is 4. The Balaban J connectivity index is 1.41. The predicted octanol–water partition coefficient (Wildman–Crippen LogP) is 0.470. The van der Waals surface area contributed by atoms with Crippen LogP contribution in [0.2, 0.25) is 0 Å². The molecular weight excluding hydrogens is 394 g/mol. The second kappa shape index (κ2) is 6.94. The summed E-state index contributed by atoms with van der Waals surface area (Å²) < 4.78 is 26.6. The third-order valence-electron chi connectivity index (χ3n) is 5.80. The number of sulfone groups is 1. The number of hydrogen-bond acceptors (Lipinski definition) is 6. The molecule has 2 saturated heterocycles. The van der Waals surface area contributed by atoms with Gasteiger partial charge in [-0.1, -0.05) is 6.07 Å². The van der Waals surface area contributed by atoms with Gasteiger partial charge >= 0.3 is 0 Å². The molecule has 0 unspecified atom stereocenters. The number of anilines is 1. The van der Waals surface area contributed by atoms with Crippen LogP contribution in [0.3, 0.4) is 0 Å². The third-order valence-corrected chi connectivity index (χ3v) is 7.85. The van der Waals surface area contributed by atoms with E-state index in [1.807, 2.05) is 32.0 Å². The Kier molecular flexibility index (Phi) is 4.68. The van der Waals surface area contributed by atoms with Crippen LogP contribution < -0.4 is 4.90 Å². The molecule has 2 aliphatic rings. The zero-order valence-corrected chi connectivity index (χ0v) is 17.4. The number of likely N-dealkylation sites (tertiary alicyclic amines) is 1. The van der Waals surface area contributed by atoms with Gasteiger partial charge in [0.05, 0.1) is 5.92 Å². The van der Waals surface area contributed by atoms with E-state index in [4.69, 9.17) is 0 Å². The average molecular weight is 417 g/mol. The molecule has 0 bridgehead atoms. The molecule has 2 fully saturated rings. The standard InChI is InChI=1S/C19H23N5O4S/c1-12-4-5-15(6-13(12)2)24-8-14(7-17(24)25)18(26)23-9-16(10-23)29(27,28)19-21-20-11-22(19)3/h4-6,11,14,16H,7-10H2,1-3H3/t14-/m0/s1. The lowest BCUT2D eigenvalue weighted by atomic mass is 10.0. The van der Waals surface area contributed by atoms with Crippen molar-refractivity contribution in [1.82, 2.24) is 19.7 Å². The summed E-state index contributed by atoms with van der Waals surface area (Å²) in [7, 11) is -2.07. The van der Waals surface area contributed by atoms with E-state index in [0.29, 0.717) is 6.54 Å². The zero-order valence-electron chi connectivity index (χ0n) is 16.6. The van der Waals surface area contributed by atoms with Crippen molar-refractivity contribution in [3.63, 3.8) is 0 Å². The molecule has 10 heteroatoms. The molecule has 154 valence electrons. The fourth-order valence-corrected chi connectivity index (χ4v) is 5.43. The third kappa shape index (κ3) is 3.31. The Morgan fingerprint density at radius 3 is 2.48 bits per heavy atom. The quantitative estimate of drug-likeness (QED) is 0.716. The summed E-state index contributed by atoms with van der Waals surface area (Å²) in [6, 6.07) is 5.80. The summed E-state index contributed by atoms with van der Waals surface area (Å²) in [5.41, 5.74) is 3.02. The van der Waals surface area contributed by atoms with E-state index in [1.165, 1.54) is 15.8 Å². The fourth-order valence-electron chi connectivity index (χ4n) is 3.77. The van der Waals surface area contributed by atoms with Crippen LogP contribution in [0.4, 0.5) is 5.69 Å². The molecule has 0 saturated carbocycles. The molecule has 0 radical (unpaired) electrons. The zero-order chi connectivity index (χ0) is 20.9. The van der Waals surface area contributed by atoms with E-state index in [1.54, 1.807) is 11.9 Å². The monoisotopic (exact) mass is 417 g/mol. The molecule has 4 rings (SSSR count). The van der Waals surface area contributed by atoms with Gasteiger partial charge in [0, 0.05) is 38.8 Å². The molecule has 0 N–H and O–H groups in total. The number of aromatic nitrogens is 3. The smallest absolute Gasteiger partial charge is 0.249 e. The molecule has 1 aromatic carbocycles. The lowest BCUT2D eigenvalue weighted by molar-refractivity contribution is -0.138. The van der Waals surface area contributed by atoms with Crippen LogP contribution in [-0.2, 0) is 26.5 Å². The molecule has 9 nitrogen and oxygen atoms in total. The molecular formula is C19H23N5O4S. The number of hydrogen-bond donors (Lipinski definition) is 0. The van der Waals surface area contributed by atoms with E-state index >= 15 is 0 Å². The second-order valence-electron chi connectivity index (χ2n) is 7.81. The average Bonchev–Trinajstić information content (AvgIpc) is 3.22. The van der Waals surface area contributed by atoms with Crippen LogP contribution in [-0.4, -0.2) is 64.8 Å². The van der Waals surface area contributed by atoms with Crippen LogP contribution >= 0.6 is 0 Å². The lowest BCUT2D eigenvalue weighted by Crippen LogP contribution is -2.58. The van der Waals surface area contributed by atoms with Crippen LogP contribution in [0.25, 0.3) is 0 Å². The lowest BCUT2D eigenvalue weighted by Gasteiger charge is -2.39. The van der Waals surface area contributed by atoms with Crippen molar-refractivity contribution in [1.29, 1.82) is 0 Å². The summed E-state index contributed by atoms with van der Waals surface area (Å²) in [5, 5.41) is 6.50. The molecule has 2 aromatic rings.